The first-order valence-electron chi connectivity index (χ1n) is 9.95. The van der Waals surface area contributed by atoms with Crippen molar-refractivity contribution in [3.63, 3.8) is 0 Å². The summed E-state index contributed by atoms with van der Waals surface area (Å²) in [5, 5.41) is 7.28. The zero-order valence-electron chi connectivity index (χ0n) is 16.0. The molecule has 4 rings (SSSR count). The lowest BCUT2D eigenvalue weighted by Crippen LogP contribution is -2.49. The number of halogens is 3. The second kappa shape index (κ2) is 7.82. The summed E-state index contributed by atoms with van der Waals surface area (Å²) in [6, 6.07) is 9.28. The van der Waals surface area contributed by atoms with Gasteiger partial charge in [-0.05, 0) is 43.2 Å². The number of rotatable bonds is 4. The number of alkyl halides is 3. The minimum atomic E-state index is -4.33. The number of carbonyl (C=O) groups is 1. The molecule has 1 atom stereocenters. The van der Waals surface area contributed by atoms with Gasteiger partial charge in [-0.3, -0.25) is 9.48 Å². The summed E-state index contributed by atoms with van der Waals surface area (Å²) in [6.07, 6.45) is 0.433. The highest BCUT2D eigenvalue weighted by Crippen LogP contribution is 2.37. The number of hydrogen-bond acceptors (Lipinski definition) is 3. The molecular weight excluding hydrogens is 383 g/mol. The monoisotopic (exact) mass is 407 g/mol. The van der Waals surface area contributed by atoms with Gasteiger partial charge in [0.15, 0.2) is 0 Å². The molecule has 2 aromatic rings. The first-order chi connectivity index (χ1) is 13.9. The van der Waals surface area contributed by atoms with Gasteiger partial charge in [0.25, 0.3) is 0 Å². The molecule has 2 aliphatic rings. The van der Waals surface area contributed by atoms with Gasteiger partial charge in [-0.15, -0.1) is 0 Å². The van der Waals surface area contributed by atoms with Crippen molar-refractivity contribution in [3.05, 3.63) is 53.3 Å². The topological polar surface area (TPSA) is 56.2 Å². The van der Waals surface area contributed by atoms with Gasteiger partial charge in [-0.2, -0.15) is 18.3 Å². The average Bonchev–Trinajstić information content (AvgIpc) is 3.10. The van der Waals surface area contributed by atoms with Crippen LogP contribution in [-0.4, -0.2) is 35.1 Å². The fraction of sp³-hybridized carbons (Fsp3) is 0.524. The Morgan fingerprint density at radius 2 is 1.97 bits per heavy atom. The second-order valence-corrected chi connectivity index (χ2v) is 7.83. The molecule has 0 saturated carbocycles. The highest BCUT2D eigenvalue weighted by Gasteiger charge is 2.43. The van der Waals surface area contributed by atoms with E-state index < -0.39 is 18.1 Å². The van der Waals surface area contributed by atoms with Crippen LogP contribution in [0.15, 0.2) is 36.5 Å². The lowest BCUT2D eigenvalue weighted by molar-refractivity contribution is -0.142. The van der Waals surface area contributed by atoms with Gasteiger partial charge in [0.1, 0.15) is 6.54 Å². The van der Waals surface area contributed by atoms with Crippen LogP contribution in [0.25, 0.3) is 0 Å². The van der Waals surface area contributed by atoms with Crippen molar-refractivity contribution < 1.29 is 22.7 Å². The van der Waals surface area contributed by atoms with Crippen LogP contribution in [0.5, 0.6) is 0 Å². The number of benzene rings is 1. The summed E-state index contributed by atoms with van der Waals surface area (Å²) >= 11 is 0. The molecule has 0 bridgehead atoms. The van der Waals surface area contributed by atoms with Crippen molar-refractivity contribution in [3.8, 4) is 0 Å². The smallest absolute Gasteiger partial charge is 0.381 e. The van der Waals surface area contributed by atoms with Crippen LogP contribution in [0.3, 0.4) is 0 Å². The summed E-state index contributed by atoms with van der Waals surface area (Å²) in [6.45, 7) is -0.122. The summed E-state index contributed by atoms with van der Waals surface area (Å²) in [5.74, 6) is -0.102. The fourth-order valence-corrected chi connectivity index (χ4v) is 4.42. The van der Waals surface area contributed by atoms with E-state index in [1.165, 1.54) is 6.20 Å². The SMILES string of the molecule is O=C(NC1CCCc2cn(CC(F)(F)F)nc21)C1(c2ccccc2)CCOCC1. The van der Waals surface area contributed by atoms with Crippen molar-refractivity contribution in [2.24, 2.45) is 0 Å². The minimum absolute atomic E-state index is 0.102. The first kappa shape index (κ1) is 19.9. The van der Waals surface area contributed by atoms with Crippen molar-refractivity contribution >= 4 is 5.91 Å². The molecule has 29 heavy (non-hydrogen) atoms. The largest absolute Gasteiger partial charge is 0.408 e. The lowest BCUT2D eigenvalue weighted by Gasteiger charge is -2.37. The number of hydrogen-bond donors (Lipinski definition) is 1. The van der Waals surface area contributed by atoms with Gasteiger partial charge in [0.2, 0.25) is 5.91 Å². The Labute approximate surface area is 167 Å². The third kappa shape index (κ3) is 4.17. The van der Waals surface area contributed by atoms with E-state index in [9.17, 15) is 18.0 Å². The maximum Gasteiger partial charge on any atom is 0.408 e. The van der Waals surface area contributed by atoms with Crippen LogP contribution in [-0.2, 0) is 27.9 Å². The van der Waals surface area contributed by atoms with Crippen molar-refractivity contribution in [2.45, 2.75) is 56.3 Å². The molecule has 1 aliphatic carbocycles. The van der Waals surface area contributed by atoms with E-state index in [1.54, 1.807) is 0 Å². The maximum atomic E-state index is 13.5. The van der Waals surface area contributed by atoms with Gasteiger partial charge in [-0.25, -0.2) is 0 Å². The Bertz CT molecular complexity index is 858. The quantitative estimate of drug-likeness (QED) is 0.841. The molecule has 1 N–H and O–H groups in total. The molecule has 2 heterocycles. The Morgan fingerprint density at radius 1 is 1.24 bits per heavy atom. The summed E-state index contributed by atoms with van der Waals surface area (Å²) in [7, 11) is 0. The van der Waals surface area contributed by atoms with E-state index in [4.69, 9.17) is 4.74 Å². The predicted molar refractivity (Wildman–Crippen MR) is 100 cm³/mol. The zero-order chi connectivity index (χ0) is 20.5. The molecule has 8 heteroatoms. The maximum absolute atomic E-state index is 13.5. The number of nitrogens with zero attached hydrogens (tertiary/aromatic N) is 2. The fourth-order valence-electron chi connectivity index (χ4n) is 4.42. The van der Waals surface area contributed by atoms with E-state index in [-0.39, 0.29) is 11.9 Å². The molecule has 1 amide bonds. The van der Waals surface area contributed by atoms with Gasteiger partial charge >= 0.3 is 6.18 Å². The predicted octanol–water partition coefficient (Wildman–Crippen LogP) is 3.69. The van der Waals surface area contributed by atoms with E-state index in [0.29, 0.717) is 44.6 Å². The average molecular weight is 407 g/mol. The number of nitrogens with one attached hydrogen (secondary N) is 1. The van der Waals surface area contributed by atoms with Gasteiger partial charge in [0, 0.05) is 19.4 Å². The van der Waals surface area contributed by atoms with Crippen LogP contribution in [0, 0.1) is 0 Å². The Hall–Kier alpha value is -2.35. The second-order valence-electron chi connectivity index (χ2n) is 7.83. The molecule has 1 unspecified atom stereocenters. The molecule has 1 aliphatic heterocycles. The third-order valence-corrected chi connectivity index (χ3v) is 5.89. The summed E-state index contributed by atoms with van der Waals surface area (Å²) < 4.78 is 44.7. The Kier molecular flexibility index (Phi) is 5.38. The Balaban J connectivity index is 1.58. The minimum Gasteiger partial charge on any atom is -0.381 e. The first-order valence-corrected chi connectivity index (χ1v) is 9.95. The highest BCUT2D eigenvalue weighted by molar-refractivity contribution is 5.88. The molecular formula is C21H24F3N3O2. The van der Waals surface area contributed by atoms with Crippen molar-refractivity contribution in [2.75, 3.05) is 13.2 Å². The normalized spacial score (nSPS) is 21.4. The van der Waals surface area contributed by atoms with Gasteiger partial charge in [0.05, 0.1) is 17.2 Å². The molecule has 1 saturated heterocycles. The summed E-state index contributed by atoms with van der Waals surface area (Å²) in [5.41, 5.74) is 1.60. The zero-order valence-corrected chi connectivity index (χ0v) is 16.0. The molecule has 156 valence electrons. The van der Waals surface area contributed by atoms with Gasteiger partial charge < -0.3 is 10.1 Å². The number of carbonyl (C=O) groups excluding carboxylic acids is 1. The van der Waals surface area contributed by atoms with Crippen molar-refractivity contribution in [1.29, 1.82) is 0 Å². The van der Waals surface area contributed by atoms with Crippen LogP contribution in [0.2, 0.25) is 0 Å². The third-order valence-electron chi connectivity index (χ3n) is 5.89. The number of aromatic nitrogens is 2. The molecule has 0 spiro atoms. The number of aryl methyl sites for hydroxylation is 1. The summed E-state index contributed by atoms with van der Waals surface area (Å²) in [4.78, 5) is 13.5. The number of fused-ring (bicyclic) bond motifs is 1. The number of amides is 1. The Morgan fingerprint density at radius 3 is 2.66 bits per heavy atom. The molecule has 5 nitrogen and oxygen atoms in total. The van der Waals surface area contributed by atoms with E-state index in [2.05, 4.69) is 10.4 Å². The van der Waals surface area contributed by atoms with E-state index >= 15 is 0 Å². The van der Waals surface area contributed by atoms with E-state index in [0.717, 1.165) is 22.2 Å². The van der Waals surface area contributed by atoms with Crippen LogP contribution >= 0.6 is 0 Å². The van der Waals surface area contributed by atoms with Crippen LogP contribution in [0.1, 0.15) is 48.5 Å². The molecule has 1 fully saturated rings. The standard InChI is InChI=1S/C21H24F3N3O2/c22-21(23,24)14-27-13-15-5-4-8-17(18(15)26-27)25-19(28)20(9-11-29-12-10-20)16-6-2-1-3-7-16/h1-3,6-7,13,17H,4-5,8-12,14H2,(H,25,28). The number of ether oxygens (including phenoxy) is 1. The van der Waals surface area contributed by atoms with Crippen molar-refractivity contribution in [1.82, 2.24) is 15.1 Å². The highest BCUT2D eigenvalue weighted by atomic mass is 19.4. The van der Waals surface area contributed by atoms with Crippen LogP contribution < -0.4 is 5.32 Å². The molecule has 1 aromatic carbocycles. The van der Waals surface area contributed by atoms with Crippen LogP contribution in [0.4, 0.5) is 13.2 Å². The van der Waals surface area contributed by atoms with E-state index in [1.807, 2.05) is 30.3 Å². The van der Waals surface area contributed by atoms with Gasteiger partial charge in [-0.1, -0.05) is 30.3 Å². The lowest BCUT2D eigenvalue weighted by atomic mass is 9.73. The molecule has 0 radical (unpaired) electrons. The molecule has 1 aromatic heterocycles.